The second kappa shape index (κ2) is 8.23. The minimum Gasteiger partial charge on any atom is -0.294 e. The molecule has 0 bridgehead atoms. The number of rotatable bonds is 9. The van der Waals surface area contributed by atoms with Crippen LogP contribution in [0.5, 0.6) is 0 Å². The Balaban J connectivity index is 3.02. The van der Waals surface area contributed by atoms with Crippen LogP contribution in [0.15, 0.2) is 0 Å². The van der Waals surface area contributed by atoms with Crippen LogP contribution in [0.25, 0.3) is 0 Å². The van der Waals surface area contributed by atoms with E-state index in [0.717, 1.165) is 36.3 Å². The molecule has 1 aromatic heterocycles. The average molecular weight is 278 g/mol. The maximum absolute atomic E-state index is 11.9. The van der Waals surface area contributed by atoms with E-state index < -0.39 is 0 Å². The lowest BCUT2D eigenvalue weighted by Gasteiger charge is -2.16. The maximum Gasteiger partial charge on any atom is 0.163 e. The molecule has 0 aliphatic rings. The van der Waals surface area contributed by atoms with E-state index in [1.807, 2.05) is 0 Å². The molecule has 114 valence electrons. The normalized spacial score (nSPS) is 12.7. The molecule has 20 heavy (non-hydrogen) atoms. The molecule has 0 aliphatic heterocycles. The quantitative estimate of drug-likeness (QED) is 0.626. The van der Waals surface area contributed by atoms with Crippen LogP contribution in [0, 0.1) is 5.92 Å². The molecular weight excluding hydrogens is 248 g/mol. The summed E-state index contributed by atoms with van der Waals surface area (Å²) in [4.78, 5) is 11.9. The fourth-order valence-electron chi connectivity index (χ4n) is 2.88. The first kappa shape index (κ1) is 16.9. The highest BCUT2D eigenvalue weighted by molar-refractivity contribution is 5.96. The first-order valence-corrected chi connectivity index (χ1v) is 8.18. The standard InChI is InChI=1S/C17H30N2O/c1-6-10-11-14(7-2)12-19-16(9-4)17(13(5)20)15(8-3)18-19/h14H,6-12H2,1-5H3. The maximum atomic E-state index is 11.9. The molecule has 1 heterocycles. The van der Waals surface area contributed by atoms with Crippen LogP contribution < -0.4 is 0 Å². The minimum atomic E-state index is 0.159. The summed E-state index contributed by atoms with van der Waals surface area (Å²) in [6, 6.07) is 0. The predicted octanol–water partition coefficient (Wildman–Crippen LogP) is 4.43. The van der Waals surface area contributed by atoms with E-state index in [-0.39, 0.29) is 5.78 Å². The lowest BCUT2D eigenvalue weighted by Crippen LogP contribution is -2.14. The van der Waals surface area contributed by atoms with Gasteiger partial charge in [-0.1, -0.05) is 47.0 Å². The largest absolute Gasteiger partial charge is 0.294 e. The number of carbonyl (C=O) groups is 1. The summed E-state index contributed by atoms with van der Waals surface area (Å²) in [7, 11) is 0. The fraction of sp³-hybridized carbons (Fsp3) is 0.765. The van der Waals surface area contributed by atoms with Gasteiger partial charge in [-0.3, -0.25) is 9.48 Å². The van der Waals surface area contributed by atoms with Gasteiger partial charge in [0, 0.05) is 12.2 Å². The van der Waals surface area contributed by atoms with Gasteiger partial charge in [0.15, 0.2) is 5.78 Å². The number of hydrogen-bond donors (Lipinski definition) is 0. The minimum absolute atomic E-state index is 0.159. The summed E-state index contributed by atoms with van der Waals surface area (Å²) in [6.45, 7) is 11.3. The third kappa shape index (κ3) is 3.94. The van der Waals surface area contributed by atoms with Gasteiger partial charge < -0.3 is 0 Å². The molecule has 1 rings (SSSR count). The Morgan fingerprint density at radius 2 is 1.90 bits per heavy atom. The molecule has 3 heteroatoms. The zero-order valence-electron chi connectivity index (χ0n) is 13.8. The monoisotopic (exact) mass is 278 g/mol. The Morgan fingerprint density at radius 3 is 2.35 bits per heavy atom. The Kier molecular flexibility index (Phi) is 6.97. The zero-order valence-corrected chi connectivity index (χ0v) is 13.8. The van der Waals surface area contributed by atoms with E-state index in [9.17, 15) is 4.79 Å². The molecule has 0 saturated carbocycles. The average Bonchev–Trinajstić information content (AvgIpc) is 2.80. The zero-order chi connectivity index (χ0) is 15.1. The van der Waals surface area contributed by atoms with Crippen molar-refractivity contribution in [3.63, 3.8) is 0 Å². The molecule has 0 fully saturated rings. The molecule has 3 nitrogen and oxygen atoms in total. The summed E-state index contributed by atoms with van der Waals surface area (Å²) in [5.74, 6) is 0.830. The van der Waals surface area contributed by atoms with E-state index in [1.54, 1.807) is 6.92 Å². The van der Waals surface area contributed by atoms with Crippen LogP contribution in [0.4, 0.5) is 0 Å². The lowest BCUT2D eigenvalue weighted by molar-refractivity contribution is 0.101. The van der Waals surface area contributed by atoms with Gasteiger partial charge in [0.2, 0.25) is 0 Å². The van der Waals surface area contributed by atoms with E-state index in [1.165, 1.54) is 25.7 Å². The second-order valence-corrected chi connectivity index (χ2v) is 5.63. The molecule has 0 aromatic carbocycles. The van der Waals surface area contributed by atoms with Crippen LogP contribution in [-0.2, 0) is 19.4 Å². The molecule has 0 N–H and O–H groups in total. The first-order chi connectivity index (χ1) is 9.58. The number of carbonyl (C=O) groups excluding carboxylic acids is 1. The molecule has 0 radical (unpaired) electrons. The van der Waals surface area contributed by atoms with Crippen molar-refractivity contribution in [3.05, 3.63) is 17.0 Å². The molecule has 0 amide bonds. The third-order valence-corrected chi connectivity index (χ3v) is 4.13. The predicted molar refractivity (Wildman–Crippen MR) is 84.3 cm³/mol. The van der Waals surface area contributed by atoms with Crippen molar-refractivity contribution >= 4 is 5.78 Å². The first-order valence-electron chi connectivity index (χ1n) is 8.18. The Bertz CT molecular complexity index is 434. The van der Waals surface area contributed by atoms with Crippen LogP contribution in [-0.4, -0.2) is 15.6 Å². The number of Topliss-reactive ketones (excluding diaryl/α,β-unsaturated/α-hetero) is 1. The molecule has 0 spiro atoms. The molecule has 0 saturated heterocycles. The lowest BCUT2D eigenvalue weighted by atomic mass is 9.99. The molecule has 1 aromatic rings. The summed E-state index contributed by atoms with van der Waals surface area (Å²) < 4.78 is 2.11. The number of aryl methyl sites for hydroxylation is 1. The van der Waals surface area contributed by atoms with Crippen molar-refractivity contribution in [2.75, 3.05) is 0 Å². The summed E-state index contributed by atoms with van der Waals surface area (Å²) in [5.41, 5.74) is 2.98. The van der Waals surface area contributed by atoms with Crippen LogP contribution >= 0.6 is 0 Å². The Hall–Kier alpha value is -1.12. The third-order valence-electron chi connectivity index (χ3n) is 4.13. The smallest absolute Gasteiger partial charge is 0.163 e. The molecule has 1 unspecified atom stereocenters. The number of aromatic nitrogens is 2. The van der Waals surface area contributed by atoms with Crippen molar-refractivity contribution in [1.82, 2.24) is 9.78 Å². The van der Waals surface area contributed by atoms with Crippen molar-refractivity contribution in [1.29, 1.82) is 0 Å². The van der Waals surface area contributed by atoms with Crippen LogP contribution in [0.1, 0.15) is 82.0 Å². The van der Waals surface area contributed by atoms with Gasteiger partial charge in [-0.15, -0.1) is 0 Å². The highest BCUT2D eigenvalue weighted by atomic mass is 16.1. The van der Waals surface area contributed by atoms with Gasteiger partial charge in [0.25, 0.3) is 0 Å². The fourth-order valence-corrected chi connectivity index (χ4v) is 2.88. The van der Waals surface area contributed by atoms with Crippen LogP contribution in [0.3, 0.4) is 0 Å². The van der Waals surface area contributed by atoms with Gasteiger partial charge >= 0.3 is 0 Å². The van der Waals surface area contributed by atoms with Gasteiger partial charge in [-0.25, -0.2) is 0 Å². The van der Waals surface area contributed by atoms with Crippen molar-refractivity contribution < 1.29 is 4.79 Å². The number of unbranched alkanes of at least 4 members (excludes halogenated alkanes) is 1. The van der Waals surface area contributed by atoms with Crippen LogP contribution in [0.2, 0.25) is 0 Å². The number of hydrogen-bond acceptors (Lipinski definition) is 2. The van der Waals surface area contributed by atoms with Gasteiger partial charge in [-0.05, 0) is 32.1 Å². The summed E-state index contributed by atoms with van der Waals surface area (Å²) in [5, 5.41) is 4.71. The Morgan fingerprint density at radius 1 is 1.20 bits per heavy atom. The van der Waals surface area contributed by atoms with Crippen molar-refractivity contribution in [3.8, 4) is 0 Å². The summed E-state index contributed by atoms with van der Waals surface area (Å²) in [6.07, 6.45) is 6.68. The second-order valence-electron chi connectivity index (χ2n) is 5.63. The number of nitrogens with zero attached hydrogens (tertiary/aromatic N) is 2. The van der Waals surface area contributed by atoms with Crippen molar-refractivity contribution in [2.24, 2.45) is 5.92 Å². The SMILES string of the molecule is CCCCC(CC)Cn1nc(CC)c(C(C)=O)c1CC. The van der Waals surface area contributed by atoms with E-state index >= 15 is 0 Å². The topological polar surface area (TPSA) is 34.9 Å². The molecule has 1 atom stereocenters. The van der Waals surface area contributed by atoms with Gasteiger partial charge in [-0.2, -0.15) is 5.10 Å². The van der Waals surface area contributed by atoms with E-state index in [2.05, 4.69) is 32.4 Å². The number of ketones is 1. The summed E-state index contributed by atoms with van der Waals surface area (Å²) >= 11 is 0. The molecular formula is C17H30N2O. The highest BCUT2D eigenvalue weighted by Gasteiger charge is 2.20. The van der Waals surface area contributed by atoms with Crippen molar-refractivity contribution in [2.45, 2.75) is 79.7 Å². The van der Waals surface area contributed by atoms with E-state index in [4.69, 9.17) is 5.10 Å². The highest BCUT2D eigenvalue weighted by Crippen LogP contribution is 2.21. The van der Waals surface area contributed by atoms with Gasteiger partial charge in [0.1, 0.15) is 0 Å². The Labute approximate surface area is 123 Å². The van der Waals surface area contributed by atoms with E-state index in [0.29, 0.717) is 5.92 Å². The molecule has 0 aliphatic carbocycles. The van der Waals surface area contributed by atoms with Gasteiger partial charge in [0.05, 0.1) is 11.3 Å².